The predicted molar refractivity (Wildman–Crippen MR) is 171 cm³/mol. The standard InChI is InChI=1S/C34H40N4O4S/c1-5-6-7-8-9-18-42-27-16-14-24(15-17-27)26-20-35-30(36-21-26)25-12-10-23(11-13-25)19-28(33(40)41)38-31(39)32-37-22-29(43-32)34(2,3)4/h10-17,20-22,28H,5-9,18-19H2,1-4H3,(H,38,39)(H,40,41)/t28-/m0/s1. The number of benzene rings is 2. The fraction of sp³-hybridized carbons (Fsp3) is 0.382. The van der Waals surface area contributed by atoms with Gasteiger partial charge in [0.1, 0.15) is 11.8 Å². The number of aromatic nitrogens is 3. The fourth-order valence-corrected chi connectivity index (χ4v) is 5.31. The number of unbranched alkanes of at least 4 members (excludes halogenated alkanes) is 4. The molecular formula is C34H40N4O4S. The number of nitrogens with zero attached hydrogens (tertiary/aromatic N) is 3. The van der Waals surface area contributed by atoms with Crippen molar-refractivity contribution in [2.24, 2.45) is 0 Å². The summed E-state index contributed by atoms with van der Waals surface area (Å²) in [7, 11) is 0. The first-order valence-corrected chi connectivity index (χ1v) is 15.6. The Hall–Kier alpha value is -4.11. The van der Waals surface area contributed by atoms with Gasteiger partial charge in [-0.05, 0) is 35.1 Å². The third-order valence-electron chi connectivity index (χ3n) is 7.05. The van der Waals surface area contributed by atoms with E-state index in [2.05, 4.69) is 27.2 Å². The van der Waals surface area contributed by atoms with Crippen LogP contribution in [0.1, 0.15) is 80.0 Å². The van der Waals surface area contributed by atoms with Crippen LogP contribution in [0.15, 0.2) is 67.1 Å². The smallest absolute Gasteiger partial charge is 0.326 e. The van der Waals surface area contributed by atoms with Gasteiger partial charge in [-0.1, -0.05) is 89.8 Å². The number of carboxylic acid groups (broad SMARTS) is 1. The SMILES string of the molecule is CCCCCCCOc1ccc(-c2cnc(-c3ccc(C[C@H](NC(=O)c4ncc(C(C)(C)C)s4)C(=O)O)cc3)nc2)cc1. The molecule has 0 aliphatic rings. The summed E-state index contributed by atoms with van der Waals surface area (Å²) < 4.78 is 5.86. The van der Waals surface area contributed by atoms with Crippen molar-refractivity contribution in [3.63, 3.8) is 0 Å². The van der Waals surface area contributed by atoms with E-state index in [1.54, 1.807) is 18.6 Å². The highest BCUT2D eigenvalue weighted by Gasteiger charge is 2.25. The summed E-state index contributed by atoms with van der Waals surface area (Å²) in [4.78, 5) is 38.9. The molecule has 4 rings (SSSR count). The number of hydrogen-bond acceptors (Lipinski definition) is 7. The molecule has 0 aliphatic carbocycles. The fourth-order valence-electron chi connectivity index (χ4n) is 4.44. The van der Waals surface area contributed by atoms with Crippen molar-refractivity contribution in [2.45, 2.75) is 77.7 Å². The summed E-state index contributed by atoms with van der Waals surface area (Å²) in [6, 6.07) is 14.3. The molecule has 226 valence electrons. The number of nitrogens with one attached hydrogen (secondary N) is 1. The highest BCUT2D eigenvalue weighted by molar-refractivity contribution is 7.13. The minimum absolute atomic E-state index is 0.136. The summed E-state index contributed by atoms with van der Waals surface area (Å²) in [5.74, 6) is -0.164. The van der Waals surface area contributed by atoms with E-state index in [0.29, 0.717) is 5.82 Å². The first-order chi connectivity index (χ1) is 20.6. The van der Waals surface area contributed by atoms with Crippen molar-refractivity contribution in [1.82, 2.24) is 20.3 Å². The lowest BCUT2D eigenvalue weighted by molar-refractivity contribution is -0.139. The molecule has 2 aromatic heterocycles. The first kappa shape index (κ1) is 31.8. The van der Waals surface area contributed by atoms with Crippen LogP contribution in [-0.2, 0) is 16.6 Å². The van der Waals surface area contributed by atoms with Crippen molar-refractivity contribution in [3.05, 3.63) is 82.6 Å². The topological polar surface area (TPSA) is 114 Å². The number of carboxylic acids is 1. The van der Waals surface area contributed by atoms with E-state index in [1.165, 1.54) is 37.0 Å². The van der Waals surface area contributed by atoms with Crippen LogP contribution < -0.4 is 10.1 Å². The second-order valence-corrected chi connectivity index (χ2v) is 12.7. The Morgan fingerprint density at radius 2 is 1.51 bits per heavy atom. The molecule has 0 aliphatic heterocycles. The monoisotopic (exact) mass is 600 g/mol. The molecule has 8 nitrogen and oxygen atoms in total. The van der Waals surface area contributed by atoms with Crippen molar-refractivity contribution in [3.8, 4) is 28.3 Å². The zero-order valence-corrected chi connectivity index (χ0v) is 26.1. The third kappa shape index (κ3) is 9.19. The second-order valence-electron chi connectivity index (χ2n) is 11.6. The molecule has 4 aromatic rings. The average Bonchev–Trinajstić information content (AvgIpc) is 3.51. The molecule has 2 heterocycles. The molecule has 9 heteroatoms. The van der Waals surface area contributed by atoms with E-state index in [4.69, 9.17) is 4.74 Å². The van der Waals surface area contributed by atoms with Gasteiger partial charge in [0.15, 0.2) is 10.8 Å². The molecule has 2 N–H and O–H groups in total. The number of thiazole rings is 1. The van der Waals surface area contributed by atoms with Gasteiger partial charge in [-0.15, -0.1) is 11.3 Å². The van der Waals surface area contributed by atoms with Gasteiger partial charge in [0, 0.05) is 41.0 Å². The normalized spacial score (nSPS) is 12.1. The number of aliphatic carboxylic acids is 1. The van der Waals surface area contributed by atoms with Crippen LogP contribution >= 0.6 is 11.3 Å². The largest absolute Gasteiger partial charge is 0.494 e. The number of rotatable bonds is 14. The highest BCUT2D eigenvalue weighted by atomic mass is 32.1. The van der Waals surface area contributed by atoms with Gasteiger partial charge in [0.2, 0.25) is 0 Å². The lowest BCUT2D eigenvalue weighted by atomic mass is 9.96. The lowest BCUT2D eigenvalue weighted by Crippen LogP contribution is -2.42. The van der Waals surface area contributed by atoms with Crippen LogP contribution in [0.25, 0.3) is 22.5 Å². The van der Waals surface area contributed by atoms with Crippen LogP contribution in [0.2, 0.25) is 0 Å². The van der Waals surface area contributed by atoms with Crippen LogP contribution in [0.4, 0.5) is 0 Å². The second kappa shape index (κ2) is 14.9. The third-order valence-corrected chi connectivity index (χ3v) is 8.47. The van der Waals surface area contributed by atoms with E-state index in [0.717, 1.165) is 45.9 Å². The number of ether oxygens (including phenoxy) is 1. The summed E-state index contributed by atoms with van der Waals surface area (Å²) in [5, 5.41) is 12.6. The maximum absolute atomic E-state index is 12.7. The Labute approximate surface area is 257 Å². The maximum atomic E-state index is 12.7. The molecule has 0 radical (unpaired) electrons. The Kier molecular flexibility index (Phi) is 11.0. The van der Waals surface area contributed by atoms with Crippen LogP contribution in [0.5, 0.6) is 5.75 Å². The average molecular weight is 601 g/mol. The summed E-state index contributed by atoms with van der Waals surface area (Å²) >= 11 is 1.28. The highest BCUT2D eigenvalue weighted by Crippen LogP contribution is 2.28. The summed E-state index contributed by atoms with van der Waals surface area (Å²) in [5.41, 5.74) is 3.35. The first-order valence-electron chi connectivity index (χ1n) is 14.8. The van der Waals surface area contributed by atoms with Gasteiger partial charge >= 0.3 is 5.97 Å². The molecule has 0 saturated heterocycles. The van der Waals surface area contributed by atoms with E-state index in [1.807, 2.05) is 69.3 Å². The Balaban J connectivity index is 1.32. The molecule has 0 bridgehead atoms. The zero-order valence-electron chi connectivity index (χ0n) is 25.3. The van der Waals surface area contributed by atoms with Gasteiger partial charge in [-0.25, -0.2) is 19.7 Å². The van der Waals surface area contributed by atoms with E-state index < -0.39 is 17.9 Å². The molecule has 0 saturated carbocycles. The summed E-state index contributed by atoms with van der Waals surface area (Å²) in [6.07, 6.45) is 11.4. The molecule has 1 amide bonds. The molecule has 2 aromatic carbocycles. The van der Waals surface area contributed by atoms with Crippen molar-refractivity contribution in [1.29, 1.82) is 0 Å². The van der Waals surface area contributed by atoms with Crippen molar-refractivity contribution >= 4 is 23.2 Å². The summed E-state index contributed by atoms with van der Waals surface area (Å²) in [6.45, 7) is 9.06. The number of hydrogen-bond donors (Lipinski definition) is 2. The molecule has 43 heavy (non-hydrogen) atoms. The van der Waals surface area contributed by atoms with Gasteiger partial charge < -0.3 is 15.2 Å². The minimum atomic E-state index is -1.11. The molecule has 0 spiro atoms. The van der Waals surface area contributed by atoms with Gasteiger partial charge in [0.05, 0.1) is 6.61 Å². The Morgan fingerprint density at radius 1 is 0.860 bits per heavy atom. The lowest BCUT2D eigenvalue weighted by Gasteiger charge is -2.15. The molecule has 1 atom stereocenters. The van der Waals surface area contributed by atoms with Crippen LogP contribution in [0.3, 0.4) is 0 Å². The number of carbonyl (C=O) groups excluding carboxylic acids is 1. The predicted octanol–water partition coefficient (Wildman–Crippen LogP) is 7.34. The minimum Gasteiger partial charge on any atom is -0.494 e. The maximum Gasteiger partial charge on any atom is 0.326 e. The molecular weight excluding hydrogens is 560 g/mol. The van der Waals surface area contributed by atoms with E-state index >= 15 is 0 Å². The van der Waals surface area contributed by atoms with Crippen molar-refractivity contribution < 1.29 is 19.4 Å². The van der Waals surface area contributed by atoms with Gasteiger partial charge in [-0.3, -0.25) is 4.79 Å². The number of carbonyl (C=O) groups is 2. The van der Waals surface area contributed by atoms with Crippen molar-refractivity contribution in [2.75, 3.05) is 6.61 Å². The Bertz CT molecular complexity index is 1480. The van der Waals surface area contributed by atoms with Crippen LogP contribution in [0, 0.1) is 0 Å². The van der Waals surface area contributed by atoms with Gasteiger partial charge in [-0.2, -0.15) is 0 Å². The number of amides is 1. The Morgan fingerprint density at radius 3 is 2.12 bits per heavy atom. The van der Waals surface area contributed by atoms with E-state index in [9.17, 15) is 14.7 Å². The van der Waals surface area contributed by atoms with E-state index in [-0.39, 0.29) is 16.8 Å². The van der Waals surface area contributed by atoms with Gasteiger partial charge in [0.25, 0.3) is 5.91 Å². The van der Waals surface area contributed by atoms with Crippen LogP contribution in [-0.4, -0.2) is 44.6 Å². The zero-order chi connectivity index (χ0) is 30.8. The molecule has 0 fully saturated rings. The quantitative estimate of drug-likeness (QED) is 0.146. The molecule has 0 unspecified atom stereocenters.